The van der Waals surface area contributed by atoms with E-state index < -0.39 is 0 Å². The van der Waals surface area contributed by atoms with Crippen molar-refractivity contribution in [3.05, 3.63) is 0 Å². The van der Waals surface area contributed by atoms with E-state index in [2.05, 4.69) is 22.5 Å². The Labute approximate surface area is 104 Å². The van der Waals surface area contributed by atoms with Crippen LogP contribution in [0.5, 0.6) is 0 Å². The summed E-state index contributed by atoms with van der Waals surface area (Å²) in [6, 6.07) is 0.533. The average Bonchev–Trinajstić information content (AvgIpc) is 2.30. The van der Waals surface area contributed by atoms with E-state index in [0.717, 1.165) is 18.2 Å². The monoisotopic (exact) mass is 245 g/mol. The van der Waals surface area contributed by atoms with Gasteiger partial charge >= 0.3 is 0 Å². The molecule has 0 aromatic heterocycles. The Morgan fingerprint density at radius 3 is 2.69 bits per heavy atom. The molecule has 0 saturated carbocycles. The number of piperidine rings is 1. The van der Waals surface area contributed by atoms with Crippen molar-refractivity contribution in [1.29, 1.82) is 0 Å². The minimum atomic E-state index is 0.533. The van der Waals surface area contributed by atoms with Crippen molar-refractivity contribution in [2.75, 3.05) is 39.9 Å². The number of hydrogen-bond donors (Lipinski definition) is 2. The molecular formula is C11H23N3OS. The molecule has 0 aromatic carbocycles. The lowest BCUT2D eigenvalue weighted by Crippen LogP contribution is -2.48. The molecule has 0 unspecified atom stereocenters. The predicted molar refractivity (Wildman–Crippen MR) is 70.7 cm³/mol. The molecule has 1 heterocycles. The second kappa shape index (κ2) is 7.81. The molecule has 0 atom stereocenters. The average molecular weight is 245 g/mol. The fourth-order valence-corrected chi connectivity index (χ4v) is 2.17. The van der Waals surface area contributed by atoms with Gasteiger partial charge in [0.15, 0.2) is 5.11 Å². The third-order valence-corrected chi connectivity index (χ3v) is 3.22. The van der Waals surface area contributed by atoms with Crippen LogP contribution in [0.15, 0.2) is 0 Å². The van der Waals surface area contributed by atoms with Crippen molar-refractivity contribution in [1.82, 2.24) is 15.5 Å². The van der Waals surface area contributed by atoms with Crippen LogP contribution >= 0.6 is 12.2 Å². The zero-order valence-corrected chi connectivity index (χ0v) is 11.1. The molecule has 94 valence electrons. The molecule has 4 nitrogen and oxygen atoms in total. The van der Waals surface area contributed by atoms with Gasteiger partial charge in [0, 0.05) is 32.8 Å². The number of ether oxygens (including phenoxy) is 1. The Balaban J connectivity index is 2.10. The van der Waals surface area contributed by atoms with Crippen molar-refractivity contribution in [2.45, 2.75) is 25.8 Å². The normalized spacial score (nSPS) is 18.4. The first-order chi connectivity index (χ1) is 7.76. The van der Waals surface area contributed by atoms with E-state index in [-0.39, 0.29) is 0 Å². The highest BCUT2D eigenvalue weighted by molar-refractivity contribution is 7.80. The minimum absolute atomic E-state index is 0.533. The second-order valence-corrected chi connectivity index (χ2v) is 4.51. The van der Waals surface area contributed by atoms with E-state index in [0.29, 0.717) is 12.6 Å². The van der Waals surface area contributed by atoms with Crippen molar-refractivity contribution < 1.29 is 4.74 Å². The molecule has 1 aliphatic heterocycles. The zero-order chi connectivity index (χ0) is 11.8. The van der Waals surface area contributed by atoms with E-state index in [1.807, 2.05) is 0 Å². The van der Waals surface area contributed by atoms with Crippen LogP contribution in [0.2, 0.25) is 0 Å². The third-order valence-electron chi connectivity index (χ3n) is 2.96. The fraction of sp³-hybridized carbons (Fsp3) is 0.909. The van der Waals surface area contributed by atoms with Crippen LogP contribution in [0.1, 0.15) is 19.8 Å². The number of thiocarbonyl (C=S) groups is 1. The SMILES string of the molecule is CCN1CCC(NC(=S)NCCOC)CC1. The first-order valence-electron chi connectivity index (χ1n) is 6.02. The maximum Gasteiger partial charge on any atom is 0.166 e. The molecule has 0 spiro atoms. The summed E-state index contributed by atoms with van der Waals surface area (Å²) in [7, 11) is 1.69. The van der Waals surface area contributed by atoms with Gasteiger partial charge in [-0.25, -0.2) is 0 Å². The zero-order valence-electron chi connectivity index (χ0n) is 10.3. The van der Waals surface area contributed by atoms with Crippen LogP contribution in [-0.2, 0) is 4.74 Å². The largest absolute Gasteiger partial charge is 0.383 e. The summed E-state index contributed by atoms with van der Waals surface area (Å²) in [5, 5.41) is 7.25. The Hall–Kier alpha value is -0.390. The summed E-state index contributed by atoms with van der Waals surface area (Å²) in [5.41, 5.74) is 0. The van der Waals surface area contributed by atoms with Gasteiger partial charge in [0.2, 0.25) is 0 Å². The molecule has 5 heteroatoms. The first kappa shape index (κ1) is 13.7. The summed E-state index contributed by atoms with van der Waals surface area (Å²) >= 11 is 5.21. The number of hydrogen-bond acceptors (Lipinski definition) is 3. The lowest BCUT2D eigenvalue weighted by atomic mass is 10.1. The Kier molecular flexibility index (Phi) is 6.68. The van der Waals surface area contributed by atoms with Gasteiger partial charge in [-0.2, -0.15) is 0 Å². The summed E-state index contributed by atoms with van der Waals surface area (Å²) in [6.45, 7) is 7.18. The summed E-state index contributed by atoms with van der Waals surface area (Å²) in [6.07, 6.45) is 2.36. The number of nitrogens with one attached hydrogen (secondary N) is 2. The number of nitrogens with zero attached hydrogens (tertiary/aromatic N) is 1. The molecule has 0 aromatic rings. The van der Waals surface area contributed by atoms with Crippen LogP contribution in [-0.4, -0.2) is 55.9 Å². The topological polar surface area (TPSA) is 36.5 Å². The summed E-state index contributed by atoms with van der Waals surface area (Å²) in [4.78, 5) is 2.47. The van der Waals surface area contributed by atoms with Crippen LogP contribution in [0, 0.1) is 0 Å². The van der Waals surface area contributed by atoms with Crippen molar-refractivity contribution >= 4 is 17.3 Å². The Bertz CT molecular complexity index is 205. The van der Waals surface area contributed by atoms with Gasteiger partial charge in [-0.15, -0.1) is 0 Å². The van der Waals surface area contributed by atoms with Crippen LogP contribution in [0.3, 0.4) is 0 Å². The van der Waals surface area contributed by atoms with Gasteiger partial charge in [-0.3, -0.25) is 0 Å². The van der Waals surface area contributed by atoms with E-state index in [1.54, 1.807) is 7.11 Å². The van der Waals surface area contributed by atoms with Gasteiger partial charge in [0.25, 0.3) is 0 Å². The maximum absolute atomic E-state index is 5.21. The lowest BCUT2D eigenvalue weighted by Gasteiger charge is -2.32. The molecule has 0 bridgehead atoms. The summed E-state index contributed by atoms with van der Waals surface area (Å²) < 4.78 is 4.95. The molecule has 2 N–H and O–H groups in total. The highest BCUT2D eigenvalue weighted by atomic mass is 32.1. The molecule has 1 aliphatic rings. The third kappa shape index (κ3) is 5.09. The quantitative estimate of drug-likeness (QED) is 0.547. The minimum Gasteiger partial charge on any atom is -0.383 e. The van der Waals surface area contributed by atoms with Crippen LogP contribution in [0.25, 0.3) is 0 Å². The van der Waals surface area contributed by atoms with Gasteiger partial charge in [0.1, 0.15) is 0 Å². The van der Waals surface area contributed by atoms with Crippen LogP contribution < -0.4 is 10.6 Å². The number of likely N-dealkylation sites (tertiary alicyclic amines) is 1. The fourth-order valence-electron chi connectivity index (χ4n) is 1.90. The van der Waals surface area contributed by atoms with Crippen molar-refractivity contribution in [3.8, 4) is 0 Å². The van der Waals surface area contributed by atoms with Crippen LogP contribution in [0.4, 0.5) is 0 Å². The second-order valence-electron chi connectivity index (χ2n) is 4.10. The van der Waals surface area contributed by atoms with E-state index in [1.165, 1.54) is 25.9 Å². The molecule has 1 rings (SSSR count). The molecule has 16 heavy (non-hydrogen) atoms. The molecular weight excluding hydrogens is 222 g/mol. The van der Waals surface area contributed by atoms with Gasteiger partial charge in [-0.05, 0) is 31.6 Å². The van der Waals surface area contributed by atoms with E-state index in [9.17, 15) is 0 Å². The van der Waals surface area contributed by atoms with Crippen molar-refractivity contribution in [2.24, 2.45) is 0 Å². The lowest BCUT2D eigenvalue weighted by molar-refractivity contribution is 0.202. The first-order valence-corrected chi connectivity index (χ1v) is 6.42. The van der Waals surface area contributed by atoms with Gasteiger partial charge in [0.05, 0.1) is 6.61 Å². The van der Waals surface area contributed by atoms with Gasteiger partial charge in [-0.1, -0.05) is 6.92 Å². The predicted octanol–water partition coefficient (Wildman–Crippen LogP) is 0.581. The summed E-state index contributed by atoms with van der Waals surface area (Å²) in [5.74, 6) is 0. The molecule has 0 radical (unpaired) electrons. The van der Waals surface area contributed by atoms with E-state index >= 15 is 0 Å². The standard InChI is InChI=1S/C11H23N3OS/c1-3-14-7-4-10(5-8-14)13-11(16)12-6-9-15-2/h10H,3-9H2,1-2H3,(H2,12,13,16). The van der Waals surface area contributed by atoms with Gasteiger partial charge < -0.3 is 20.3 Å². The number of methoxy groups -OCH3 is 1. The highest BCUT2D eigenvalue weighted by Crippen LogP contribution is 2.09. The molecule has 0 aliphatic carbocycles. The van der Waals surface area contributed by atoms with E-state index in [4.69, 9.17) is 17.0 Å². The van der Waals surface area contributed by atoms with Crippen molar-refractivity contribution in [3.63, 3.8) is 0 Å². The maximum atomic E-state index is 5.21. The Morgan fingerprint density at radius 2 is 2.12 bits per heavy atom. The Morgan fingerprint density at radius 1 is 1.44 bits per heavy atom. The molecule has 1 fully saturated rings. The molecule has 0 amide bonds. The number of rotatable bonds is 5. The molecule has 1 saturated heterocycles. The highest BCUT2D eigenvalue weighted by Gasteiger charge is 2.18. The smallest absolute Gasteiger partial charge is 0.166 e.